The molecule has 0 saturated heterocycles. The fourth-order valence-corrected chi connectivity index (χ4v) is 2.33. The Bertz CT molecular complexity index is 347. The molecule has 0 aliphatic heterocycles. The topological polar surface area (TPSA) is 29.9 Å². The summed E-state index contributed by atoms with van der Waals surface area (Å²) < 4.78 is 1.92. The smallest absolute Gasteiger partial charge is 0.0849 e. The second kappa shape index (κ2) is 7.02. The summed E-state index contributed by atoms with van der Waals surface area (Å²) in [7, 11) is 1.98. The maximum Gasteiger partial charge on any atom is 0.0849 e. The third-order valence-electron chi connectivity index (χ3n) is 3.06. The van der Waals surface area contributed by atoms with E-state index in [1.807, 2.05) is 11.7 Å². The molecule has 3 nitrogen and oxygen atoms in total. The lowest BCUT2D eigenvalue weighted by molar-refractivity contribution is 0.505. The predicted octanol–water partition coefficient (Wildman–Crippen LogP) is 2.96. The van der Waals surface area contributed by atoms with Gasteiger partial charge in [-0.3, -0.25) is 4.68 Å². The van der Waals surface area contributed by atoms with Gasteiger partial charge in [0.15, 0.2) is 0 Å². The van der Waals surface area contributed by atoms with Gasteiger partial charge in [-0.1, -0.05) is 25.4 Å². The zero-order chi connectivity index (χ0) is 12.8. The second-order valence-corrected chi connectivity index (χ2v) is 4.96. The Morgan fingerprint density at radius 3 is 2.65 bits per heavy atom. The van der Waals surface area contributed by atoms with Gasteiger partial charge in [0, 0.05) is 13.1 Å². The first-order valence-corrected chi connectivity index (χ1v) is 6.91. The van der Waals surface area contributed by atoms with Crippen LogP contribution >= 0.6 is 11.6 Å². The summed E-state index contributed by atoms with van der Waals surface area (Å²) in [6, 6.07) is 0.533. The molecule has 17 heavy (non-hydrogen) atoms. The number of halogens is 1. The van der Waals surface area contributed by atoms with E-state index in [-0.39, 0.29) is 0 Å². The van der Waals surface area contributed by atoms with Crippen LogP contribution < -0.4 is 5.32 Å². The van der Waals surface area contributed by atoms with Crippen molar-refractivity contribution < 1.29 is 0 Å². The average Bonchev–Trinajstić information content (AvgIpc) is 2.59. The Balaban J connectivity index is 2.54. The molecule has 1 atom stereocenters. The van der Waals surface area contributed by atoms with Crippen molar-refractivity contribution in [3.8, 4) is 0 Å². The van der Waals surface area contributed by atoms with Crippen LogP contribution in [0.3, 0.4) is 0 Å². The molecule has 4 heteroatoms. The van der Waals surface area contributed by atoms with Crippen molar-refractivity contribution in [2.45, 2.75) is 52.5 Å². The van der Waals surface area contributed by atoms with Gasteiger partial charge in [-0.25, -0.2) is 0 Å². The molecule has 0 aromatic carbocycles. The fraction of sp³-hybridized carbons (Fsp3) is 0.769. The quantitative estimate of drug-likeness (QED) is 0.814. The molecule has 1 N–H and O–H groups in total. The zero-order valence-corrected chi connectivity index (χ0v) is 12.1. The van der Waals surface area contributed by atoms with Crippen LogP contribution in [0.5, 0.6) is 0 Å². The lowest BCUT2D eigenvalue weighted by atomic mass is 10.1. The molecule has 98 valence electrons. The Morgan fingerprint density at radius 1 is 1.41 bits per heavy atom. The number of aromatic nitrogens is 2. The fourth-order valence-electron chi connectivity index (χ4n) is 1.94. The van der Waals surface area contributed by atoms with E-state index in [2.05, 4.69) is 31.2 Å². The molecule has 0 spiro atoms. The number of hydrogen-bond donors (Lipinski definition) is 1. The van der Waals surface area contributed by atoms with Crippen LogP contribution in [0, 0.1) is 0 Å². The normalized spacial score (nSPS) is 13.0. The van der Waals surface area contributed by atoms with Crippen LogP contribution in [0.2, 0.25) is 5.02 Å². The molecule has 1 aromatic heterocycles. The van der Waals surface area contributed by atoms with Gasteiger partial charge in [0.1, 0.15) is 0 Å². The molecule has 1 unspecified atom stereocenters. The molecule has 0 aliphatic carbocycles. The van der Waals surface area contributed by atoms with E-state index in [1.54, 1.807) is 0 Å². The summed E-state index contributed by atoms with van der Waals surface area (Å²) in [4.78, 5) is 0. The van der Waals surface area contributed by atoms with E-state index in [0.717, 1.165) is 42.2 Å². The van der Waals surface area contributed by atoms with Crippen LogP contribution in [0.25, 0.3) is 0 Å². The van der Waals surface area contributed by atoms with Crippen LogP contribution in [0.1, 0.15) is 45.0 Å². The standard InChI is InChI=1S/C13H24ClN3/c1-5-9-15-10(3)7-8-12-13(14)11(6-2)16-17(12)4/h10,15H,5-9H2,1-4H3. The summed E-state index contributed by atoms with van der Waals surface area (Å²) in [5.74, 6) is 0. The maximum absolute atomic E-state index is 6.31. The molecule has 0 saturated carbocycles. The summed E-state index contributed by atoms with van der Waals surface area (Å²) in [6.45, 7) is 7.58. The van der Waals surface area contributed by atoms with E-state index in [4.69, 9.17) is 11.6 Å². The Hall–Kier alpha value is -0.540. The number of aryl methyl sites for hydroxylation is 2. The van der Waals surface area contributed by atoms with Crippen LogP contribution in [-0.4, -0.2) is 22.4 Å². The van der Waals surface area contributed by atoms with Gasteiger partial charge < -0.3 is 5.32 Å². The van der Waals surface area contributed by atoms with Gasteiger partial charge in [0.25, 0.3) is 0 Å². The van der Waals surface area contributed by atoms with Crippen LogP contribution in [0.15, 0.2) is 0 Å². The van der Waals surface area contributed by atoms with E-state index in [0.29, 0.717) is 6.04 Å². The third-order valence-corrected chi connectivity index (χ3v) is 3.50. The van der Waals surface area contributed by atoms with Crippen LogP contribution in [0.4, 0.5) is 0 Å². The molecular weight excluding hydrogens is 234 g/mol. The molecule has 0 fully saturated rings. The van der Waals surface area contributed by atoms with Gasteiger partial charge in [-0.05, 0) is 39.2 Å². The van der Waals surface area contributed by atoms with Crippen molar-refractivity contribution in [2.24, 2.45) is 7.05 Å². The second-order valence-electron chi connectivity index (χ2n) is 4.58. The van der Waals surface area contributed by atoms with E-state index in [9.17, 15) is 0 Å². The van der Waals surface area contributed by atoms with E-state index >= 15 is 0 Å². The number of rotatable bonds is 7. The SMILES string of the molecule is CCCNC(C)CCc1c(Cl)c(CC)nn1C. The third kappa shape index (κ3) is 4.00. The number of hydrogen-bond acceptors (Lipinski definition) is 2. The average molecular weight is 258 g/mol. The molecule has 1 heterocycles. The zero-order valence-electron chi connectivity index (χ0n) is 11.4. The van der Waals surface area contributed by atoms with E-state index in [1.165, 1.54) is 6.42 Å². The van der Waals surface area contributed by atoms with Gasteiger partial charge in [-0.15, -0.1) is 0 Å². The molecule has 1 aromatic rings. The van der Waals surface area contributed by atoms with Crippen molar-refractivity contribution in [1.29, 1.82) is 0 Å². The summed E-state index contributed by atoms with van der Waals surface area (Å²) >= 11 is 6.31. The number of nitrogens with one attached hydrogen (secondary N) is 1. The lowest BCUT2D eigenvalue weighted by Crippen LogP contribution is -2.27. The molecular formula is C13H24ClN3. The van der Waals surface area contributed by atoms with Gasteiger partial charge in [0.05, 0.1) is 16.4 Å². The van der Waals surface area contributed by atoms with Crippen molar-refractivity contribution in [1.82, 2.24) is 15.1 Å². The number of nitrogens with zero attached hydrogens (tertiary/aromatic N) is 2. The highest BCUT2D eigenvalue weighted by Crippen LogP contribution is 2.22. The lowest BCUT2D eigenvalue weighted by Gasteiger charge is -2.13. The molecule has 0 radical (unpaired) electrons. The predicted molar refractivity (Wildman–Crippen MR) is 73.7 cm³/mol. The van der Waals surface area contributed by atoms with Crippen molar-refractivity contribution >= 4 is 11.6 Å². The molecule has 0 amide bonds. The maximum atomic E-state index is 6.31. The highest BCUT2D eigenvalue weighted by molar-refractivity contribution is 6.31. The first kappa shape index (κ1) is 14.5. The van der Waals surface area contributed by atoms with Gasteiger partial charge in [-0.2, -0.15) is 5.10 Å². The largest absolute Gasteiger partial charge is 0.314 e. The van der Waals surface area contributed by atoms with Crippen molar-refractivity contribution in [3.63, 3.8) is 0 Å². The van der Waals surface area contributed by atoms with Gasteiger partial charge >= 0.3 is 0 Å². The Labute approximate surface area is 110 Å². The minimum Gasteiger partial charge on any atom is -0.314 e. The monoisotopic (exact) mass is 257 g/mol. The molecule has 0 bridgehead atoms. The van der Waals surface area contributed by atoms with Crippen LogP contribution in [-0.2, 0) is 19.9 Å². The van der Waals surface area contributed by atoms with Gasteiger partial charge in [0.2, 0.25) is 0 Å². The molecule has 1 rings (SSSR count). The molecule has 0 aliphatic rings. The minimum atomic E-state index is 0.533. The van der Waals surface area contributed by atoms with E-state index < -0.39 is 0 Å². The Kier molecular flexibility index (Phi) is 6.00. The first-order valence-electron chi connectivity index (χ1n) is 6.53. The Morgan fingerprint density at radius 2 is 2.12 bits per heavy atom. The minimum absolute atomic E-state index is 0.533. The first-order chi connectivity index (χ1) is 8.10. The summed E-state index contributed by atoms with van der Waals surface area (Å²) in [5.41, 5.74) is 2.17. The highest BCUT2D eigenvalue weighted by Gasteiger charge is 2.13. The van der Waals surface area contributed by atoms with Crippen molar-refractivity contribution in [2.75, 3.05) is 6.54 Å². The highest BCUT2D eigenvalue weighted by atomic mass is 35.5. The summed E-state index contributed by atoms with van der Waals surface area (Å²) in [5, 5.41) is 8.78. The van der Waals surface area contributed by atoms with Crippen molar-refractivity contribution in [3.05, 3.63) is 16.4 Å². The summed E-state index contributed by atoms with van der Waals surface area (Å²) in [6.07, 6.45) is 4.16.